The van der Waals surface area contributed by atoms with E-state index in [1.165, 1.54) is 31.4 Å². The number of aryl methyl sites for hydroxylation is 1. The van der Waals surface area contributed by atoms with Gasteiger partial charge in [0.2, 0.25) is 0 Å². The summed E-state index contributed by atoms with van der Waals surface area (Å²) in [5, 5.41) is 2.83. The lowest BCUT2D eigenvalue weighted by atomic mass is 10.1. The van der Waals surface area contributed by atoms with Crippen LogP contribution in [0.2, 0.25) is 0 Å². The van der Waals surface area contributed by atoms with E-state index in [4.69, 9.17) is 0 Å². The molecule has 1 aliphatic rings. The first-order chi connectivity index (χ1) is 15.4. The van der Waals surface area contributed by atoms with E-state index in [0.29, 0.717) is 16.9 Å². The monoisotopic (exact) mass is 449 g/mol. The van der Waals surface area contributed by atoms with Gasteiger partial charge < -0.3 is 10.2 Å². The summed E-state index contributed by atoms with van der Waals surface area (Å²) in [6, 6.07) is 20.9. The quantitative estimate of drug-likeness (QED) is 0.553. The van der Waals surface area contributed by atoms with Crippen LogP contribution in [-0.4, -0.2) is 27.4 Å². The molecule has 3 aromatic carbocycles. The predicted molar refractivity (Wildman–Crippen MR) is 129 cm³/mol. The Morgan fingerprint density at radius 3 is 2.16 bits per heavy atom. The average Bonchev–Trinajstić information content (AvgIpc) is 2.81. The Bertz CT molecular complexity index is 1180. The second-order valence-corrected chi connectivity index (χ2v) is 9.68. The number of piperidine rings is 1. The largest absolute Gasteiger partial charge is 0.372 e. The molecule has 0 aromatic heterocycles. The smallest absolute Gasteiger partial charge is 0.261 e. The number of amides is 1. The van der Waals surface area contributed by atoms with Gasteiger partial charge in [-0.3, -0.25) is 9.52 Å². The van der Waals surface area contributed by atoms with Crippen LogP contribution in [0.15, 0.2) is 77.7 Å². The Morgan fingerprint density at radius 1 is 0.844 bits per heavy atom. The van der Waals surface area contributed by atoms with Crippen molar-refractivity contribution in [2.45, 2.75) is 31.1 Å². The number of carbonyl (C=O) groups excluding carboxylic acids is 1. The topological polar surface area (TPSA) is 78.5 Å². The molecule has 0 spiro atoms. The highest BCUT2D eigenvalue weighted by Crippen LogP contribution is 2.22. The summed E-state index contributed by atoms with van der Waals surface area (Å²) in [5.41, 5.74) is 3.61. The van der Waals surface area contributed by atoms with Gasteiger partial charge in [0, 0.05) is 30.0 Å². The maximum atomic E-state index is 12.7. The van der Waals surface area contributed by atoms with Crippen LogP contribution in [0.25, 0.3) is 0 Å². The van der Waals surface area contributed by atoms with E-state index in [2.05, 4.69) is 14.9 Å². The summed E-state index contributed by atoms with van der Waals surface area (Å²) < 4.78 is 27.9. The molecule has 4 rings (SSSR count). The minimum atomic E-state index is -3.72. The van der Waals surface area contributed by atoms with Crippen molar-refractivity contribution in [2.75, 3.05) is 28.0 Å². The molecule has 0 saturated carbocycles. The van der Waals surface area contributed by atoms with Crippen LogP contribution in [-0.2, 0) is 10.0 Å². The van der Waals surface area contributed by atoms with E-state index in [0.717, 1.165) is 24.3 Å². The molecule has 1 heterocycles. The molecule has 0 unspecified atom stereocenters. The highest BCUT2D eigenvalue weighted by molar-refractivity contribution is 7.92. The SMILES string of the molecule is Cc1ccccc1NS(=O)(=O)c1ccc(NC(=O)c2ccc(N3CCCCC3)cc2)cc1. The number of carbonyl (C=O) groups is 1. The molecule has 0 bridgehead atoms. The standard InChI is InChI=1S/C25H27N3O3S/c1-19-7-3-4-8-24(19)27-32(30,31)23-15-11-21(12-16-23)26-25(29)20-9-13-22(14-10-20)28-17-5-2-6-18-28/h3-4,7-16,27H,2,5-6,17-18H2,1H3,(H,26,29). The average molecular weight is 450 g/mol. The predicted octanol–water partition coefficient (Wildman–Crippen LogP) is 5.04. The number of hydrogen-bond donors (Lipinski definition) is 2. The molecule has 1 fully saturated rings. The molecule has 6 nitrogen and oxygen atoms in total. The fourth-order valence-electron chi connectivity index (χ4n) is 3.79. The van der Waals surface area contributed by atoms with Crippen LogP contribution in [0.5, 0.6) is 0 Å². The molecule has 1 aliphatic heterocycles. The maximum Gasteiger partial charge on any atom is 0.261 e. The van der Waals surface area contributed by atoms with Gasteiger partial charge in [-0.2, -0.15) is 0 Å². The minimum absolute atomic E-state index is 0.129. The minimum Gasteiger partial charge on any atom is -0.372 e. The molecule has 32 heavy (non-hydrogen) atoms. The second-order valence-electron chi connectivity index (χ2n) is 7.99. The molecule has 1 amide bonds. The summed E-state index contributed by atoms with van der Waals surface area (Å²) >= 11 is 0. The van der Waals surface area contributed by atoms with Crippen LogP contribution >= 0.6 is 0 Å². The number of nitrogens with one attached hydrogen (secondary N) is 2. The van der Waals surface area contributed by atoms with E-state index in [9.17, 15) is 13.2 Å². The van der Waals surface area contributed by atoms with E-state index in [-0.39, 0.29) is 10.8 Å². The summed E-state index contributed by atoms with van der Waals surface area (Å²) in [5.74, 6) is -0.233. The fourth-order valence-corrected chi connectivity index (χ4v) is 4.92. The van der Waals surface area contributed by atoms with Crippen LogP contribution < -0.4 is 14.9 Å². The number of hydrogen-bond acceptors (Lipinski definition) is 4. The Hall–Kier alpha value is -3.32. The first kappa shape index (κ1) is 21.9. The van der Waals surface area contributed by atoms with E-state index < -0.39 is 10.0 Å². The molecule has 7 heteroatoms. The molecule has 2 N–H and O–H groups in total. The number of rotatable bonds is 6. The summed E-state index contributed by atoms with van der Waals surface area (Å²) in [6.45, 7) is 3.95. The third-order valence-corrected chi connectivity index (χ3v) is 7.04. The van der Waals surface area contributed by atoms with Gasteiger partial charge in [-0.15, -0.1) is 0 Å². The van der Waals surface area contributed by atoms with Crippen molar-refractivity contribution in [2.24, 2.45) is 0 Å². The van der Waals surface area contributed by atoms with Gasteiger partial charge in [-0.1, -0.05) is 18.2 Å². The normalized spacial score (nSPS) is 14.1. The van der Waals surface area contributed by atoms with Crippen LogP contribution in [0.3, 0.4) is 0 Å². The molecule has 166 valence electrons. The fraction of sp³-hybridized carbons (Fsp3) is 0.240. The summed E-state index contributed by atoms with van der Waals surface area (Å²) in [4.78, 5) is 15.1. The van der Waals surface area contributed by atoms with Crippen LogP contribution in [0.1, 0.15) is 35.2 Å². The number of benzene rings is 3. The molecule has 3 aromatic rings. The number of nitrogens with zero attached hydrogens (tertiary/aromatic N) is 1. The van der Waals surface area contributed by atoms with Gasteiger partial charge in [0.15, 0.2) is 0 Å². The molecule has 1 saturated heterocycles. The second kappa shape index (κ2) is 9.44. The maximum absolute atomic E-state index is 12.7. The van der Waals surface area contributed by atoms with E-state index >= 15 is 0 Å². The number of para-hydroxylation sites is 1. The zero-order chi connectivity index (χ0) is 22.6. The number of anilines is 3. The van der Waals surface area contributed by atoms with Gasteiger partial charge in [0.25, 0.3) is 15.9 Å². The van der Waals surface area contributed by atoms with Crippen molar-refractivity contribution in [3.8, 4) is 0 Å². The summed E-state index contributed by atoms with van der Waals surface area (Å²) in [7, 11) is -3.72. The van der Waals surface area contributed by atoms with E-state index in [1.54, 1.807) is 24.3 Å². The highest BCUT2D eigenvalue weighted by atomic mass is 32.2. The van der Waals surface area contributed by atoms with Crippen molar-refractivity contribution in [3.05, 3.63) is 83.9 Å². The lowest BCUT2D eigenvalue weighted by Crippen LogP contribution is -2.29. The molecule has 0 aliphatic carbocycles. The van der Waals surface area contributed by atoms with Gasteiger partial charge in [0.05, 0.1) is 10.6 Å². The Balaban J connectivity index is 1.41. The Labute approximate surface area is 189 Å². The van der Waals surface area contributed by atoms with Crippen molar-refractivity contribution in [1.82, 2.24) is 0 Å². The lowest BCUT2D eigenvalue weighted by molar-refractivity contribution is 0.102. The Morgan fingerprint density at radius 2 is 1.50 bits per heavy atom. The molecule has 0 atom stereocenters. The zero-order valence-corrected chi connectivity index (χ0v) is 18.9. The third-order valence-electron chi connectivity index (χ3n) is 5.66. The molecule has 0 radical (unpaired) electrons. The first-order valence-electron chi connectivity index (χ1n) is 10.8. The highest BCUT2D eigenvalue weighted by Gasteiger charge is 2.16. The Kier molecular flexibility index (Phi) is 6.46. The zero-order valence-electron chi connectivity index (χ0n) is 18.0. The lowest BCUT2D eigenvalue weighted by Gasteiger charge is -2.28. The van der Waals surface area contributed by atoms with Gasteiger partial charge in [-0.05, 0) is 86.3 Å². The van der Waals surface area contributed by atoms with Crippen LogP contribution in [0.4, 0.5) is 17.1 Å². The van der Waals surface area contributed by atoms with Crippen molar-refractivity contribution in [3.63, 3.8) is 0 Å². The molecular weight excluding hydrogens is 422 g/mol. The third kappa shape index (κ3) is 5.11. The number of sulfonamides is 1. The van der Waals surface area contributed by atoms with Crippen molar-refractivity contribution in [1.29, 1.82) is 0 Å². The van der Waals surface area contributed by atoms with Gasteiger partial charge in [0.1, 0.15) is 0 Å². The summed E-state index contributed by atoms with van der Waals surface area (Å²) in [6.07, 6.45) is 3.68. The molecular formula is C25H27N3O3S. The first-order valence-corrected chi connectivity index (χ1v) is 12.3. The van der Waals surface area contributed by atoms with Gasteiger partial charge >= 0.3 is 0 Å². The van der Waals surface area contributed by atoms with Gasteiger partial charge in [-0.25, -0.2) is 8.42 Å². The van der Waals surface area contributed by atoms with Crippen LogP contribution in [0, 0.1) is 6.92 Å². The van der Waals surface area contributed by atoms with E-state index in [1.807, 2.05) is 43.3 Å². The van der Waals surface area contributed by atoms with Crippen molar-refractivity contribution < 1.29 is 13.2 Å². The van der Waals surface area contributed by atoms with Crippen molar-refractivity contribution >= 4 is 33.0 Å².